The van der Waals surface area contributed by atoms with Crippen LogP contribution in [0.1, 0.15) is 37.8 Å². The predicted octanol–water partition coefficient (Wildman–Crippen LogP) is 5.97. The Balaban J connectivity index is 1.45. The van der Waals surface area contributed by atoms with Gasteiger partial charge in [0.2, 0.25) is 0 Å². The number of benzene rings is 3. The number of rotatable bonds is 9. The summed E-state index contributed by atoms with van der Waals surface area (Å²) in [6, 6.07) is 27.1. The minimum Gasteiger partial charge on any atom is -0.493 e. The largest absolute Gasteiger partial charge is 0.493 e. The van der Waals surface area contributed by atoms with E-state index in [4.69, 9.17) is 9.47 Å². The average Bonchev–Trinajstić information content (AvgIpc) is 2.83. The highest BCUT2D eigenvalue weighted by atomic mass is 19.1. The van der Waals surface area contributed by atoms with Gasteiger partial charge in [-0.05, 0) is 49.9 Å². The van der Waals surface area contributed by atoms with E-state index in [2.05, 4.69) is 24.8 Å². The number of halogens is 1. The fourth-order valence-corrected chi connectivity index (χ4v) is 4.66. The summed E-state index contributed by atoms with van der Waals surface area (Å²) in [7, 11) is 1.51. The van der Waals surface area contributed by atoms with Gasteiger partial charge in [0.1, 0.15) is 17.3 Å². The smallest absolute Gasteiger partial charge is 0.163 e. The molecule has 0 bridgehead atoms. The molecule has 0 radical (unpaired) electrons. The maximum atomic E-state index is 13.5. The number of nitrogens with zero attached hydrogens (tertiary/aromatic N) is 2. The van der Waals surface area contributed by atoms with Gasteiger partial charge < -0.3 is 9.47 Å². The highest BCUT2D eigenvalue weighted by molar-refractivity contribution is 5.46. The maximum Gasteiger partial charge on any atom is 0.163 e. The number of likely N-dealkylation sites (tertiary alicyclic amines) is 1. The molecule has 34 heavy (non-hydrogen) atoms. The van der Waals surface area contributed by atoms with Crippen LogP contribution in [0.2, 0.25) is 0 Å². The van der Waals surface area contributed by atoms with E-state index in [1.54, 1.807) is 6.07 Å². The summed E-state index contributed by atoms with van der Waals surface area (Å²) < 4.78 is 24.8. The zero-order valence-corrected chi connectivity index (χ0v) is 20.0. The van der Waals surface area contributed by atoms with Gasteiger partial charge in [0.25, 0.3) is 0 Å². The molecule has 176 valence electrons. The fourth-order valence-electron chi connectivity index (χ4n) is 4.66. The first kappa shape index (κ1) is 23.8. The lowest BCUT2D eigenvalue weighted by Crippen LogP contribution is -2.62. The van der Waals surface area contributed by atoms with E-state index in [0.717, 1.165) is 30.6 Å². The SMILES string of the molecule is COc1cc(F)ccc1OC1CN(C(C)(C)CCC(C#N)(c2ccccc2)c2ccccc2)C1. The van der Waals surface area contributed by atoms with Crippen molar-refractivity contribution in [2.24, 2.45) is 0 Å². The summed E-state index contributed by atoms with van der Waals surface area (Å²) in [5.74, 6) is 0.614. The lowest BCUT2D eigenvalue weighted by atomic mass is 9.70. The van der Waals surface area contributed by atoms with Crippen LogP contribution in [0.25, 0.3) is 0 Å². The number of ether oxygens (including phenoxy) is 2. The average molecular weight is 459 g/mol. The second-order valence-corrected chi connectivity index (χ2v) is 9.50. The Morgan fingerprint density at radius 1 is 0.912 bits per heavy atom. The molecule has 1 saturated heterocycles. The first-order chi connectivity index (χ1) is 16.4. The van der Waals surface area contributed by atoms with Crippen molar-refractivity contribution in [3.8, 4) is 17.6 Å². The summed E-state index contributed by atoms with van der Waals surface area (Å²) in [6.45, 7) is 5.98. The zero-order valence-electron chi connectivity index (χ0n) is 20.0. The van der Waals surface area contributed by atoms with Gasteiger partial charge in [-0.15, -0.1) is 0 Å². The predicted molar refractivity (Wildman–Crippen MR) is 132 cm³/mol. The van der Waals surface area contributed by atoms with Crippen molar-refractivity contribution in [1.82, 2.24) is 4.90 Å². The molecule has 0 amide bonds. The third-order valence-electron chi connectivity index (χ3n) is 6.96. The quantitative estimate of drug-likeness (QED) is 0.397. The lowest BCUT2D eigenvalue weighted by molar-refractivity contribution is -0.0471. The highest BCUT2D eigenvalue weighted by Gasteiger charge is 2.42. The lowest BCUT2D eigenvalue weighted by Gasteiger charge is -2.49. The van der Waals surface area contributed by atoms with Crippen molar-refractivity contribution in [2.45, 2.75) is 43.7 Å². The van der Waals surface area contributed by atoms with E-state index in [-0.39, 0.29) is 17.5 Å². The van der Waals surface area contributed by atoms with Crippen LogP contribution in [-0.4, -0.2) is 36.7 Å². The van der Waals surface area contributed by atoms with Crippen LogP contribution in [0.5, 0.6) is 11.5 Å². The van der Waals surface area contributed by atoms with Gasteiger partial charge in [-0.1, -0.05) is 60.7 Å². The number of methoxy groups -OCH3 is 1. The third-order valence-corrected chi connectivity index (χ3v) is 6.96. The summed E-state index contributed by atoms with van der Waals surface area (Å²) in [4.78, 5) is 2.38. The first-order valence-electron chi connectivity index (χ1n) is 11.7. The summed E-state index contributed by atoms with van der Waals surface area (Å²) in [5, 5.41) is 10.4. The molecule has 5 heteroatoms. The summed E-state index contributed by atoms with van der Waals surface area (Å²) in [6.07, 6.45) is 1.57. The molecule has 4 nitrogen and oxygen atoms in total. The van der Waals surface area contributed by atoms with Crippen LogP contribution in [0.3, 0.4) is 0 Å². The molecule has 0 saturated carbocycles. The van der Waals surface area contributed by atoms with Crippen molar-refractivity contribution < 1.29 is 13.9 Å². The van der Waals surface area contributed by atoms with Crippen molar-refractivity contribution in [3.63, 3.8) is 0 Å². The van der Waals surface area contributed by atoms with Crippen molar-refractivity contribution in [1.29, 1.82) is 5.26 Å². The van der Waals surface area contributed by atoms with Crippen LogP contribution in [0, 0.1) is 17.1 Å². The number of hydrogen-bond acceptors (Lipinski definition) is 4. The monoisotopic (exact) mass is 458 g/mol. The van der Waals surface area contributed by atoms with Crippen LogP contribution >= 0.6 is 0 Å². The van der Waals surface area contributed by atoms with E-state index in [0.29, 0.717) is 17.9 Å². The van der Waals surface area contributed by atoms with Crippen LogP contribution < -0.4 is 9.47 Å². The van der Waals surface area contributed by atoms with E-state index in [9.17, 15) is 9.65 Å². The Bertz CT molecular complexity index is 1100. The van der Waals surface area contributed by atoms with Crippen molar-refractivity contribution in [2.75, 3.05) is 20.2 Å². The molecule has 1 heterocycles. The van der Waals surface area contributed by atoms with Gasteiger partial charge in [-0.3, -0.25) is 4.90 Å². The fraction of sp³-hybridized carbons (Fsp3) is 0.345. The molecule has 1 fully saturated rings. The molecule has 3 aromatic carbocycles. The zero-order chi connectivity index (χ0) is 24.2. The van der Waals surface area contributed by atoms with Gasteiger partial charge in [0.05, 0.1) is 13.2 Å². The molecule has 0 aromatic heterocycles. The normalized spacial score (nSPS) is 14.8. The van der Waals surface area contributed by atoms with Crippen molar-refractivity contribution >= 4 is 0 Å². The van der Waals surface area contributed by atoms with E-state index < -0.39 is 5.41 Å². The number of nitriles is 1. The van der Waals surface area contributed by atoms with Crippen molar-refractivity contribution in [3.05, 3.63) is 95.8 Å². The molecule has 3 aromatic rings. The Hall–Kier alpha value is -3.36. The molecule has 1 aliphatic rings. The maximum absolute atomic E-state index is 13.5. The molecular weight excluding hydrogens is 427 g/mol. The molecule has 1 aliphatic heterocycles. The Labute approximate surface area is 201 Å². The minimum absolute atomic E-state index is 0.0163. The Kier molecular flexibility index (Phi) is 6.90. The molecular formula is C29H31FN2O2. The van der Waals surface area contributed by atoms with Gasteiger partial charge in [0, 0.05) is 24.7 Å². The van der Waals surface area contributed by atoms with E-state index in [1.165, 1.54) is 19.2 Å². The molecule has 0 aliphatic carbocycles. The van der Waals surface area contributed by atoms with Crippen LogP contribution in [0.15, 0.2) is 78.9 Å². The number of hydrogen-bond donors (Lipinski definition) is 0. The minimum atomic E-state index is -0.706. The molecule has 0 spiro atoms. The van der Waals surface area contributed by atoms with Crippen LogP contribution in [-0.2, 0) is 5.41 Å². The highest BCUT2D eigenvalue weighted by Crippen LogP contribution is 2.40. The summed E-state index contributed by atoms with van der Waals surface area (Å²) in [5.41, 5.74) is 1.22. The van der Waals surface area contributed by atoms with Gasteiger partial charge in [0.15, 0.2) is 11.5 Å². The topological polar surface area (TPSA) is 45.5 Å². The molecule has 0 atom stereocenters. The summed E-state index contributed by atoms with van der Waals surface area (Å²) >= 11 is 0. The first-order valence-corrected chi connectivity index (χ1v) is 11.7. The third kappa shape index (κ3) is 4.78. The Morgan fingerprint density at radius 2 is 1.50 bits per heavy atom. The molecule has 4 rings (SSSR count). The molecule has 0 N–H and O–H groups in total. The van der Waals surface area contributed by atoms with E-state index in [1.807, 2.05) is 60.7 Å². The van der Waals surface area contributed by atoms with E-state index >= 15 is 0 Å². The van der Waals surface area contributed by atoms with Crippen LogP contribution in [0.4, 0.5) is 4.39 Å². The van der Waals surface area contributed by atoms with Gasteiger partial charge in [-0.25, -0.2) is 4.39 Å². The van der Waals surface area contributed by atoms with Gasteiger partial charge in [-0.2, -0.15) is 5.26 Å². The Morgan fingerprint density at radius 3 is 2.03 bits per heavy atom. The second kappa shape index (κ2) is 9.87. The second-order valence-electron chi connectivity index (χ2n) is 9.50. The van der Waals surface area contributed by atoms with Gasteiger partial charge >= 0.3 is 0 Å². The molecule has 0 unspecified atom stereocenters. The standard InChI is InChI=1S/C29H31FN2O2/c1-28(2,32-19-25(20-32)34-26-15-14-24(30)18-27(26)33-3)16-17-29(21-31,22-10-6-4-7-11-22)23-12-8-5-9-13-23/h4-15,18,25H,16-17,19-20H2,1-3H3.